The molecule has 158 valence electrons. The molecule has 0 unspecified atom stereocenters. The van der Waals surface area contributed by atoms with E-state index in [1.165, 1.54) is 11.3 Å². The molecule has 2 saturated heterocycles. The number of piperidine rings is 1. The Kier molecular flexibility index (Phi) is 6.39. The van der Waals surface area contributed by atoms with E-state index in [9.17, 15) is 14.4 Å². The minimum atomic E-state index is -0.169. The second-order valence-electron chi connectivity index (χ2n) is 7.70. The number of benzene rings is 1. The van der Waals surface area contributed by atoms with Gasteiger partial charge in [0.1, 0.15) is 0 Å². The fourth-order valence-corrected chi connectivity index (χ4v) is 4.99. The van der Waals surface area contributed by atoms with Crippen molar-refractivity contribution < 1.29 is 14.4 Å². The number of carbonyl (C=O) groups is 3. The third-order valence-corrected chi connectivity index (χ3v) is 6.83. The van der Waals surface area contributed by atoms with Gasteiger partial charge in [-0.05, 0) is 42.5 Å². The lowest BCUT2D eigenvalue weighted by atomic mass is 9.96. The lowest BCUT2D eigenvalue weighted by Gasteiger charge is -2.39. The fourth-order valence-electron chi connectivity index (χ4n) is 4.11. The van der Waals surface area contributed by atoms with E-state index in [1.807, 2.05) is 22.4 Å². The molecule has 2 aliphatic heterocycles. The average Bonchev–Trinajstić information content (AvgIpc) is 3.33. The number of carbonyl (C=O) groups excluding carboxylic acids is 3. The van der Waals surface area contributed by atoms with Gasteiger partial charge in [-0.25, -0.2) is 0 Å². The van der Waals surface area contributed by atoms with Gasteiger partial charge in [-0.3, -0.25) is 14.4 Å². The number of likely N-dealkylation sites (tertiary alicyclic amines) is 1. The van der Waals surface area contributed by atoms with Gasteiger partial charge >= 0.3 is 0 Å². The van der Waals surface area contributed by atoms with Crippen LogP contribution in [0.2, 0.25) is 5.02 Å². The Labute approximate surface area is 185 Å². The molecule has 8 heteroatoms. The van der Waals surface area contributed by atoms with Crippen LogP contribution in [0.1, 0.15) is 32.9 Å². The predicted molar refractivity (Wildman–Crippen MR) is 117 cm³/mol. The van der Waals surface area contributed by atoms with Crippen molar-refractivity contribution >= 4 is 40.7 Å². The van der Waals surface area contributed by atoms with Crippen molar-refractivity contribution in [1.82, 2.24) is 14.7 Å². The molecule has 30 heavy (non-hydrogen) atoms. The number of thiophene rings is 1. The van der Waals surface area contributed by atoms with Gasteiger partial charge in [0.15, 0.2) is 0 Å². The van der Waals surface area contributed by atoms with Gasteiger partial charge in [0.25, 0.3) is 11.8 Å². The first-order chi connectivity index (χ1) is 14.5. The molecular formula is C22H24ClN3O3S. The Morgan fingerprint density at radius 3 is 2.37 bits per heavy atom. The maximum atomic E-state index is 13.1. The highest BCUT2D eigenvalue weighted by Crippen LogP contribution is 2.23. The molecule has 3 heterocycles. The Morgan fingerprint density at radius 2 is 1.67 bits per heavy atom. The van der Waals surface area contributed by atoms with Crippen molar-refractivity contribution in [1.29, 1.82) is 0 Å². The molecule has 0 spiro atoms. The second kappa shape index (κ2) is 9.18. The maximum absolute atomic E-state index is 13.1. The molecule has 4 rings (SSSR count). The number of amides is 3. The van der Waals surface area contributed by atoms with Crippen molar-refractivity contribution in [3.63, 3.8) is 0 Å². The summed E-state index contributed by atoms with van der Waals surface area (Å²) in [4.78, 5) is 44.5. The summed E-state index contributed by atoms with van der Waals surface area (Å²) in [5, 5.41) is 2.43. The van der Waals surface area contributed by atoms with Gasteiger partial charge in [0, 0.05) is 49.9 Å². The van der Waals surface area contributed by atoms with Crippen molar-refractivity contribution in [2.45, 2.75) is 12.8 Å². The summed E-state index contributed by atoms with van der Waals surface area (Å²) in [6, 6.07) is 10.6. The molecule has 0 saturated carbocycles. The smallest absolute Gasteiger partial charge is 0.263 e. The van der Waals surface area contributed by atoms with Crippen molar-refractivity contribution in [3.8, 4) is 0 Å². The Hall–Kier alpha value is -2.38. The second-order valence-corrected chi connectivity index (χ2v) is 9.08. The fraction of sp³-hybridized carbons (Fsp3) is 0.409. The number of nitrogens with zero attached hydrogens (tertiary/aromatic N) is 3. The summed E-state index contributed by atoms with van der Waals surface area (Å²) in [5.41, 5.74) is 0.567. The Morgan fingerprint density at radius 1 is 0.900 bits per heavy atom. The lowest BCUT2D eigenvalue weighted by molar-refractivity contribution is -0.138. The quantitative estimate of drug-likeness (QED) is 0.728. The summed E-state index contributed by atoms with van der Waals surface area (Å²) in [6.45, 7) is 3.20. The van der Waals surface area contributed by atoms with Gasteiger partial charge in [0.05, 0.1) is 10.8 Å². The van der Waals surface area contributed by atoms with Gasteiger partial charge in [-0.2, -0.15) is 0 Å². The van der Waals surface area contributed by atoms with E-state index in [1.54, 1.807) is 34.1 Å². The summed E-state index contributed by atoms with van der Waals surface area (Å²) in [5.74, 6) is -0.124. The molecule has 0 bridgehead atoms. The maximum Gasteiger partial charge on any atom is 0.263 e. The van der Waals surface area contributed by atoms with Gasteiger partial charge in [-0.15, -0.1) is 11.3 Å². The highest BCUT2D eigenvalue weighted by Gasteiger charge is 2.33. The number of piperazine rings is 1. The van der Waals surface area contributed by atoms with Crippen LogP contribution in [-0.2, 0) is 4.79 Å². The molecule has 6 nitrogen and oxygen atoms in total. The average molecular weight is 446 g/mol. The lowest BCUT2D eigenvalue weighted by Crippen LogP contribution is -2.54. The van der Waals surface area contributed by atoms with Gasteiger partial charge < -0.3 is 14.7 Å². The molecule has 0 aliphatic carbocycles. The zero-order valence-corrected chi connectivity index (χ0v) is 18.2. The Balaban J connectivity index is 1.32. The topological polar surface area (TPSA) is 60.9 Å². The third kappa shape index (κ3) is 4.52. The third-order valence-electron chi connectivity index (χ3n) is 5.74. The van der Waals surface area contributed by atoms with Crippen LogP contribution in [-0.4, -0.2) is 71.7 Å². The summed E-state index contributed by atoms with van der Waals surface area (Å²) < 4.78 is 0. The Bertz CT molecular complexity index is 925. The highest BCUT2D eigenvalue weighted by molar-refractivity contribution is 7.12. The number of halogens is 1. The predicted octanol–water partition coefficient (Wildman–Crippen LogP) is 3.24. The van der Waals surface area contributed by atoms with E-state index < -0.39 is 0 Å². The zero-order chi connectivity index (χ0) is 21.1. The summed E-state index contributed by atoms with van der Waals surface area (Å²) >= 11 is 7.43. The minimum Gasteiger partial charge on any atom is -0.339 e. The van der Waals surface area contributed by atoms with Crippen LogP contribution >= 0.6 is 22.9 Å². The molecule has 2 aliphatic rings. The number of hydrogen-bond acceptors (Lipinski definition) is 4. The van der Waals surface area contributed by atoms with Crippen LogP contribution in [0.5, 0.6) is 0 Å². The molecular weight excluding hydrogens is 422 g/mol. The van der Waals surface area contributed by atoms with Crippen LogP contribution in [0.3, 0.4) is 0 Å². The summed E-state index contributed by atoms with van der Waals surface area (Å²) in [6.07, 6.45) is 1.63. The van der Waals surface area contributed by atoms with Crippen molar-refractivity contribution in [2.75, 3.05) is 39.3 Å². The molecule has 1 aromatic carbocycles. The van der Waals surface area contributed by atoms with E-state index in [-0.39, 0.29) is 23.6 Å². The van der Waals surface area contributed by atoms with Gasteiger partial charge in [-0.1, -0.05) is 23.7 Å². The first-order valence-corrected chi connectivity index (χ1v) is 11.4. The largest absolute Gasteiger partial charge is 0.339 e. The molecule has 0 radical (unpaired) electrons. The van der Waals surface area contributed by atoms with E-state index in [0.717, 1.165) is 17.7 Å². The summed E-state index contributed by atoms with van der Waals surface area (Å²) in [7, 11) is 0. The minimum absolute atomic E-state index is 0.0134. The van der Waals surface area contributed by atoms with Crippen molar-refractivity contribution in [3.05, 3.63) is 57.2 Å². The zero-order valence-electron chi connectivity index (χ0n) is 16.6. The molecule has 1 aromatic heterocycles. The van der Waals surface area contributed by atoms with Crippen LogP contribution in [0.15, 0.2) is 41.8 Å². The molecule has 1 atom stereocenters. The van der Waals surface area contributed by atoms with E-state index in [4.69, 9.17) is 11.6 Å². The van der Waals surface area contributed by atoms with Crippen LogP contribution in [0.25, 0.3) is 0 Å². The first-order valence-electron chi connectivity index (χ1n) is 10.2. The normalized spacial score (nSPS) is 19.6. The SMILES string of the molecule is O=C(c1cccc(Cl)c1)N1CCN(C(=O)[C@@H]2CCCN(C(=O)c3cccs3)C2)CC1. The van der Waals surface area contributed by atoms with Crippen LogP contribution in [0.4, 0.5) is 0 Å². The van der Waals surface area contributed by atoms with Crippen LogP contribution < -0.4 is 0 Å². The standard InChI is InChI=1S/C22H24ClN3O3S/c23-18-6-1-4-16(14-18)20(27)24-9-11-25(12-10-24)21(28)17-5-2-8-26(15-17)22(29)19-7-3-13-30-19/h1,3-4,6-7,13-14,17H,2,5,8-12,15H2/t17-/m1/s1. The van der Waals surface area contributed by atoms with Crippen LogP contribution in [0, 0.1) is 5.92 Å². The van der Waals surface area contributed by atoms with E-state index in [2.05, 4.69) is 0 Å². The van der Waals surface area contributed by atoms with Crippen molar-refractivity contribution in [2.24, 2.45) is 5.92 Å². The van der Waals surface area contributed by atoms with E-state index >= 15 is 0 Å². The monoisotopic (exact) mass is 445 g/mol. The van der Waals surface area contributed by atoms with E-state index in [0.29, 0.717) is 49.9 Å². The molecule has 2 fully saturated rings. The first kappa shape index (κ1) is 20.9. The number of rotatable bonds is 3. The number of hydrogen-bond donors (Lipinski definition) is 0. The molecule has 3 amide bonds. The molecule has 2 aromatic rings. The van der Waals surface area contributed by atoms with Gasteiger partial charge in [0.2, 0.25) is 5.91 Å². The molecule has 0 N–H and O–H groups in total. The highest BCUT2D eigenvalue weighted by atomic mass is 35.5.